The van der Waals surface area contributed by atoms with Crippen molar-refractivity contribution in [1.82, 2.24) is 14.1 Å². The van der Waals surface area contributed by atoms with Crippen LogP contribution in [0, 0.1) is 0 Å². The number of ether oxygens (including phenoxy) is 1. The van der Waals surface area contributed by atoms with E-state index in [4.69, 9.17) is 4.74 Å². The summed E-state index contributed by atoms with van der Waals surface area (Å²) in [6, 6.07) is 14.6. The van der Waals surface area contributed by atoms with Crippen LogP contribution in [0.5, 0.6) is 0 Å². The van der Waals surface area contributed by atoms with Gasteiger partial charge in [-0.1, -0.05) is 35.6 Å². The van der Waals surface area contributed by atoms with Gasteiger partial charge in [0.2, 0.25) is 5.91 Å². The summed E-state index contributed by atoms with van der Waals surface area (Å²) in [6.07, 6.45) is 1.76. The molecule has 170 valence electrons. The van der Waals surface area contributed by atoms with Crippen molar-refractivity contribution < 1.29 is 9.53 Å². The smallest absolute Gasteiger partial charge is 0.331 e. The minimum atomic E-state index is -0.490. The second kappa shape index (κ2) is 8.92. The maximum atomic E-state index is 13.6. The van der Waals surface area contributed by atoms with Crippen LogP contribution in [0.3, 0.4) is 0 Å². The number of hydrogen-bond acceptors (Lipinski definition) is 6. The van der Waals surface area contributed by atoms with Gasteiger partial charge >= 0.3 is 5.69 Å². The first-order valence-electron chi connectivity index (χ1n) is 11.1. The topological polar surface area (TPSA) is 86.4 Å². The number of para-hydroxylation sites is 2. The fourth-order valence-electron chi connectivity index (χ4n) is 4.28. The Morgan fingerprint density at radius 2 is 1.94 bits per heavy atom. The van der Waals surface area contributed by atoms with Crippen molar-refractivity contribution in [2.45, 2.75) is 39.0 Å². The van der Waals surface area contributed by atoms with Crippen molar-refractivity contribution in [2.24, 2.45) is 0 Å². The van der Waals surface area contributed by atoms with Gasteiger partial charge in [0.05, 0.1) is 33.8 Å². The average Bonchev–Trinajstić information content (AvgIpc) is 3.50. The van der Waals surface area contributed by atoms with Crippen LogP contribution >= 0.6 is 11.3 Å². The fourth-order valence-corrected chi connectivity index (χ4v) is 5.27. The van der Waals surface area contributed by atoms with E-state index in [1.54, 1.807) is 36.1 Å². The van der Waals surface area contributed by atoms with Crippen LogP contribution in [0.15, 0.2) is 58.1 Å². The molecule has 1 unspecified atom stereocenters. The molecule has 4 aromatic rings. The lowest BCUT2D eigenvalue weighted by Crippen LogP contribution is -2.44. The van der Waals surface area contributed by atoms with Crippen molar-refractivity contribution in [3.63, 3.8) is 0 Å². The molecule has 33 heavy (non-hydrogen) atoms. The highest BCUT2D eigenvalue weighted by Gasteiger charge is 2.27. The Kier molecular flexibility index (Phi) is 5.82. The van der Waals surface area contributed by atoms with Crippen molar-refractivity contribution in [2.75, 3.05) is 18.1 Å². The van der Waals surface area contributed by atoms with Crippen molar-refractivity contribution in [1.29, 1.82) is 0 Å². The normalized spacial score (nSPS) is 16.0. The Balaban J connectivity index is 1.57. The quantitative estimate of drug-likeness (QED) is 0.438. The molecule has 0 bridgehead atoms. The SMILES string of the molecule is CCn1c(=O)c2ccccc2n(CC(=O)N(CC2CCCO2)c2nc3ccccc3s2)c1=O. The zero-order valence-corrected chi connectivity index (χ0v) is 19.1. The van der Waals surface area contributed by atoms with Crippen molar-refractivity contribution in [3.05, 3.63) is 69.4 Å². The maximum absolute atomic E-state index is 13.6. The van der Waals surface area contributed by atoms with Gasteiger partial charge in [0.15, 0.2) is 5.13 Å². The summed E-state index contributed by atoms with van der Waals surface area (Å²) in [6.45, 7) is 2.84. The van der Waals surface area contributed by atoms with Gasteiger partial charge in [0.1, 0.15) is 6.54 Å². The lowest BCUT2D eigenvalue weighted by molar-refractivity contribution is -0.119. The van der Waals surface area contributed by atoms with E-state index < -0.39 is 5.69 Å². The standard InChI is InChI=1S/C24H24N4O4S/c1-2-26-22(30)17-9-3-5-11-19(17)27(24(26)31)15-21(29)28(14-16-8-7-13-32-16)23-25-18-10-4-6-12-20(18)33-23/h3-6,9-12,16H,2,7-8,13-15H2,1H3. The number of aromatic nitrogens is 3. The molecular weight excluding hydrogens is 440 g/mol. The molecule has 2 aromatic heterocycles. The molecule has 0 N–H and O–H groups in total. The predicted octanol–water partition coefficient (Wildman–Crippen LogP) is 3.01. The molecule has 0 radical (unpaired) electrons. The molecule has 5 rings (SSSR count). The van der Waals surface area contributed by atoms with Crippen LogP contribution < -0.4 is 16.1 Å². The summed E-state index contributed by atoms with van der Waals surface area (Å²) in [7, 11) is 0. The van der Waals surface area contributed by atoms with Crippen molar-refractivity contribution >= 4 is 43.5 Å². The van der Waals surface area contributed by atoms with Gasteiger partial charge in [0, 0.05) is 13.2 Å². The predicted molar refractivity (Wildman–Crippen MR) is 129 cm³/mol. The van der Waals surface area contributed by atoms with Gasteiger partial charge in [-0.05, 0) is 44.0 Å². The van der Waals surface area contributed by atoms with Gasteiger partial charge in [-0.2, -0.15) is 0 Å². The maximum Gasteiger partial charge on any atom is 0.331 e. The molecule has 1 fully saturated rings. The zero-order chi connectivity index (χ0) is 22.9. The summed E-state index contributed by atoms with van der Waals surface area (Å²) in [4.78, 5) is 45.8. The monoisotopic (exact) mass is 464 g/mol. The van der Waals surface area contributed by atoms with E-state index in [0.717, 1.165) is 27.6 Å². The van der Waals surface area contributed by atoms with Crippen molar-refractivity contribution in [3.8, 4) is 0 Å². The van der Waals surface area contributed by atoms with E-state index in [1.807, 2.05) is 24.3 Å². The third kappa shape index (κ3) is 3.98. The fraction of sp³-hybridized carbons (Fsp3) is 0.333. The largest absolute Gasteiger partial charge is 0.376 e. The number of hydrogen-bond donors (Lipinski definition) is 0. The molecule has 1 saturated heterocycles. The number of carbonyl (C=O) groups excluding carboxylic acids is 1. The molecule has 2 aromatic carbocycles. The summed E-state index contributed by atoms with van der Waals surface area (Å²) in [5.41, 5.74) is 0.441. The van der Waals surface area contributed by atoms with Crippen LogP contribution in [-0.2, 0) is 22.6 Å². The Labute approximate surface area is 193 Å². The molecule has 9 heteroatoms. The summed E-state index contributed by atoms with van der Waals surface area (Å²) in [5.74, 6) is -0.266. The van der Waals surface area contributed by atoms with Crippen LogP contribution in [0.4, 0.5) is 5.13 Å². The van der Waals surface area contributed by atoms with E-state index >= 15 is 0 Å². The van der Waals surface area contributed by atoms with Crippen LogP contribution in [0.1, 0.15) is 19.8 Å². The molecule has 0 saturated carbocycles. The first-order valence-corrected chi connectivity index (χ1v) is 11.9. The number of carbonyl (C=O) groups is 1. The van der Waals surface area contributed by atoms with Gasteiger partial charge < -0.3 is 4.74 Å². The van der Waals surface area contributed by atoms with Crippen LogP contribution in [0.25, 0.3) is 21.1 Å². The second-order valence-electron chi connectivity index (χ2n) is 8.04. The zero-order valence-electron chi connectivity index (χ0n) is 18.3. The van der Waals surface area contributed by atoms with Crippen LogP contribution in [0.2, 0.25) is 0 Å². The van der Waals surface area contributed by atoms with E-state index in [2.05, 4.69) is 4.98 Å². The molecule has 1 aliphatic heterocycles. The van der Waals surface area contributed by atoms with Gasteiger partial charge in [-0.3, -0.25) is 23.6 Å². The molecule has 1 aliphatic rings. The Morgan fingerprint density at radius 1 is 1.15 bits per heavy atom. The summed E-state index contributed by atoms with van der Waals surface area (Å²) >= 11 is 1.44. The number of benzene rings is 2. The highest BCUT2D eigenvalue weighted by Crippen LogP contribution is 2.30. The number of anilines is 1. The Hall–Kier alpha value is -3.30. The molecule has 8 nitrogen and oxygen atoms in total. The van der Waals surface area contributed by atoms with Gasteiger partial charge in [-0.15, -0.1) is 0 Å². The second-order valence-corrected chi connectivity index (χ2v) is 9.05. The highest BCUT2D eigenvalue weighted by atomic mass is 32.1. The molecule has 1 amide bonds. The minimum Gasteiger partial charge on any atom is -0.376 e. The number of amides is 1. The van der Waals surface area contributed by atoms with E-state index in [0.29, 0.717) is 29.2 Å². The minimum absolute atomic E-state index is 0.0703. The van der Waals surface area contributed by atoms with E-state index in [9.17, 15) is 14.4 Å². The average molecular weight is 465 g/mol. The number of fused-ring (bicyclic) bond motifs is 2. The molecule has 3 heterocycles. The first kappa shape index (κ1) is 21.5. The van der Waals surface area contributed by atoms with E-state index in [-0.39, 0.29) is 30.7 Å². The van der Waals surface area contributed by atoms with Gasteiger partial charge in [0.25, 0.3) is 5.56 Å². The third-order valence-corrected chi connectivity index (χ3v) is 7.03. The van der Waals surface area contributed by atoms with Crippen LogP contribution in [-0.4, -0.2) is 39.3 Å². The molecule has 0 aliphatic carbocycles. The third-order valence-electron chi connectivity index (χ3n) is 5.97. The van der Waals surface area contributed by atoms with E-state index in [1.165, 1.54) is 15.9 Å². The summed E-state index contributed by atoms with van der Waals surface area (Å²) < 4.78 is 9.33. The first-order chi connectivity index (χ1) is 16.1. The number of rotatable bonds is 6. The Bertz CT molecular complexity index is 1420. The Morgan fingerprint density at radius 3 is 2.70 bits per heavy atom. The molecule has 1 atom stereocenters. The van der Waals surface area contributed by atoms with Gasteiger partial charge in [-0.25, -0.2) is 9.78 Å². The lowest BCUT2D eigenvalue weighted by atomic mass is 10.2. The molecular formula is C24H24N4O4S. The number of thiazole rings is 1. The highest BCUT2D eigenvalue weighted by molar-refractivity contribution is 7.22. The summed E-state index contributed by atoms with van der Waals surface area (Å²) in [5, 5.41) is 0.996. The molecule has 0 spiro atoms. The lowest BCUT2D eigenvalue weighted by Gasteiger charge is -2.24. The number of nitrogens with zero attached hydrogens (tertiary/aromatic N) is 4.